The number of aliphatic carboxylic acids is 1. The molecule has 0 aromatic carbocycles. The van der Waals surface area contributed by atoms with Gasteiger partial charge in [0, 0.05) is 43.4 Å². The van der Waals surface area contributed by atoms with E-state index in [2.05, 4.69) is 17.1 Å². The maximum atomic E-state index is 12.8. The van der Waals surface area contributed by atoms with Crippen molar-refractivity contribution in [3.8, 4) is 0 Å². The number of carbonyl (C=O) groups is 2. The molecular formula is C20H32N2O4. The van der Waals surface area contributed by atoms with Crippen molar-refractivity contribution in [1.82, 2.24) is 10.2 Å². The van der Waals surface area contributed by atoms with E-state index in [1.807, 2.05) is 0 Å². The van der Waals surface area contributed by atoms with Gasteiger partial charge in [-0.05, 0) is 25.7 Å². The molecule has 1 saturated carbocycles. The van der Waals surface area contributed by atoms with Crippen LogP contribution in [0.5, 0.6) is 0 Å². The quantitative estimate of drug-likeness (QED) is 0.754. The third-order valence-electron chi connectivity index (χ3n) is 7.50. The number of rotatable bonds is 6. The molecule has 26 heavy (non-hydrogen) atoms. The zero-order valence-corrected chi connectivity index (χ0v) is 15.8. The Morgan fingerprint density at radius 3 is 2.73 bits per heavy atom. The van der Waals surface area contributed by atoms with Gasteiger partial charge in [0.1, 0.15) is 0 Å². The van der Waals surface area contributed by atoms with Crippen LogP contribution < -0.4 is 5.32 Å². The Kier molecular flexibility index (Phi) is 4.76. The molecule has 4 aliphatic rings. The van der Waals surface area contributed by atoms with E-state index in [-0.39, 0.29) is 29.4 Å². The van der Waals surface area contributed by atoms with Crippen LogP contribution in [0.4, 0.5) is 0 Å². The molecule has 0 aromatic rings. The molecule has 3 aliphatic heterocycles. The highest BCUT2D eigenvalue weighted by Gasteiger charge is 2.62. The van der Waals surface area contributed by atoms with Gasteiger partial charge >= 0.3 is 5.97 Å². The van der Waals surface area contributed by atoms with Crippen molar-refractivity contribution < 1.29 is 19.4 Å². The molecule has 146 valence electrons. The van der Waals surface area contributed by atoms with Gasteiger partial charge in [0.2, 0.25) is 5.91 Å². The van der Waals surface area contributed by atoms with E-state index >= 15 is 0 Å². The molecule has 4 atom stereocenters. The molecule has 1 spiro atoms. The Bertz CT molecular complexity index is 574. The Labute approximate surface area is 155 Å². The molecular weight excluding hydrogens is 332 g/mol. The molecule has 0 radical (unpaired) electrons. The molecule has 1 amide bonds. The minimum Gasteiger partial charge on any atom is -0.481 e. The smallest absolute Gasteiger partial charge is 0.304 e. The topological polar surface area (TPSA) is 78.9 Å². The van der Waals surface area contributed by atoms with Gasteiger partial charge in [-0.3, -0.25) is 14.5 Å². The number of nitrogens with zero attached hydrogens (tertiary/aromatic N) is 1. The van der Waals surface area contributed by atoms with Crippen molar-refractivity contribution in [3.63, 3.8) is 0 Å². The summed E-state index contributed by atoms with van der Waals surface area (Å²) < 4.78 is 6.40. The lowest BCUT2D eigenvalue weighted by Gasteiger charge is -2.34. The molecule has 4 fully saturated rings. The van der Waals surface area contributed by atoms with Gasteiger partial charge in [0.05, 0.1) is 18.1 Å². The van der Waals surface area contributed by atoms with E-state index in [0.29, 0.717) is 24.9 Å². The summed E-state index contributed by atoms with van der Waals surface area (Å²) in [7, 11) is 0. The molecule has 6 nitrogen and oxygen atoms in total. The second kappa shape index (κ2) is 6.79. The summed E-state index contributed by atoms with van der Waals surface area (Å²) >= 11 is 0. The number of amides is 1. The highest BCUT2D eigenvalue weighted by molar-refractivity contribution is 5.82. The van der Waals surface area contributed by atoms with Crippen molar-refractivity contribution in [1.29, 1.82) is 0 Å². The van der Waals surface area contributed by atoms with Crippen LogP contribution in [0.1, 0.15) is 58.3 Å². The molecule has 0 aromatic heterocycles. The first-order chi connectivity index (χ1) is 12.4. The third-order valence-corrected chi connectivity index (χ3v) is 7.50. The normalized spacial score (nSPS) is 38.3. The highest BCUT2D eigenvalue weighted by Crippen LogP contribution is 2.54. The third kappa shape index (κ3) is 3.15. The van der Waals surface area contributed by atoms with Gasteiger partial charge in [-0.15, -0.1) is 0 Å². The van der Waals surface area contributed by atoms with Crippen molar-refractivity contribution in [2.75, 3.05) is 26.2 Å². The summed E-state index contributed by atoms with van der Waals surface area (Å²) in [5.41, 5.74) is -0.287. The van der Waals surface area contributed by atoms with Crippen LogP contribution in [-0.4, -0.2) is 59.8 Å². The molecule has 6 heteroatoms. The Morgan fingerprint density at radius 2 is 2.00 bits per heavy atom. The van der Waals surface area contributed by atoms with Crippen molar-refractivity contribution in [2.24, 2.45) is 17.3 Å². The molecule has 0 unspecified atom stereocenters. The number of ether oxygens (including phenoxy) is 1. The largest absolute Gasteiger partial charge is 0.481 e. The summed E-state index contributed by atoms with van der Waals surface area (Å²) in [6, 6.07) is 0. The number of carbonyl (C=O) groups excluding carboxylic acids is 1. The fourth-order valence-electron chi connectivity index (χ4n) is 5.97. The number of fused-ring (bicyclic) bond motifs is 1. The van der Waals surface area contributed by atoms with Crippen molar-refractivity contribution in [3.05, 3.63) is 0 Å². The Hall–Kier alpha value is -1.14. The van der Waals surface area contributed by atoms with Gasteiger partial charge in [0.25, 0.3) is 0 Å². The van der Waals surface area contributed by atoms with Crippen molar-refractivity contribution >= 4 is 11.9 Å². The van der Waals surface area contributed by atoms with E-state index in [4.69, 9.17) is 9.84 Å². The van der Waals surface area contributed by atoms with Crippen molar-refractivity contribution in [2.45, 2.75) is 70.0 Å². The van der Waals surface area contributed by atoms with Crippen LogP contribution in [0.25, 0.3) is 0 Å². The first kappa shape index (κ1) is 18.2. The van der Waals surface area contributed by atoms with Crippen LogP contribution in [0, 0.1) is 17.3 Å². The van der Waals surface area contributed by atoms with Crippen LogP contribution in [0.2, 0.25) is 0 Å². The minimum atomic E-state index is -0.741. The first-order valence-corrected chi connectivity index (χ1v) is 10.3. The second-order valence-corrected chi connectivity index (χ2v) is 9.24. The lowest BCUT2D eigenvalue weighted by atomic mass is 9.73. The predicted octanol–water partition coefficient (Wildman–Crippen LogP) is 2.03. The van der Waals surface area contributed by atoms with Gasteiger partial charge in [-0.25, -0.2) is 0 Å². The zero-order chi connectivity index (χ0) is 18.4. The number of carboxylic acids is 1. The molecule has 4 rings (SSSR count). The summed E-state index contributed by atoms with van der Waals surface area (Å²) in [6.07, 6.45) is 8.16. The first-order valence-electron chi connectivity index (χ1n) is 10.3. The standard InChI is InChI=1S/C20H32N2O4/c1-19(7-3-2-4-8-19)18(25)21-11-14-15-12-22(10-6-17(23)24)13-20(15)9-5-16(14)26-20/h14-16H,2-13H2,1H3,(H,21,25)(H,23,24)/t14-,15+,16+,20+/m0/s1. The average Bonchev–Trinajstić information content (AvgIpc) is 3.26. The van der Waals surface area contributed by atoms with Crippen LogP contribution in [0.3, 0.4) is 0 Å². The fourth-order valence-corrected chi connectivity index (χ4v) is 5.97. The molecule has 3 saturated heterocycles. The van der Waals surface area contributed by atoms with Gasteiger partial charge in [-0.1, -0.05) is 26.2 Å². The Balaban J connectivity index is 1.36. The predicted molar refractivity (Wildman–Crippen MR) is 96.7 cm³/mol. The van der Waals surface area contributed by atoms with E-state index < -0.39 is 5.97 Å². The van der Waals surface area contributed by atoms with Crippen LogP contribution in [0.15, 0.2) is 0 Å². The average molecular weight is 364 g/mol. The SMILES string of the molecule is CC1(C(=O)NC[C@H]2[C@H]3CN(CCC(=O)O)C[C@]34CC[C@H]2O4)CCCCC1. The summed E-state index contributed by atoms with van der Waals surface area (Å²) in [6.45, 7) is 5.17. The van der Waals surface area contributed by atoms with Crippen LogP contribution >= 0.6 is 0 Å². The number of hydrogen-bond donors (Lipinski definition) is 2. The van der Waals surface area contributed by atoms with Gasteiger partial charge < -0.3 is 15.2 Å². The van der Waals surface area contributed by atoms with E-state index in [9.17, 15) is 9.59 Å². The lowest BCUT2D eigenvalue weighted by Crippen LogP contribution is -2.46. The summed E-state index contributed by atoms with van der Waals surface area (Å²) in [5.74, 6) is 0.272. The second-order valence-electron chi connectivity index (χ2n) is 9.24. The summed E-state index contributed by atoms with van der Waals surface area (Å²) in [5, 5.41) is 12.2. The minimum absolute atomic E-state index is 0.0900. The number of hydrogen-bond acceptors (Lipinski definition) is 4. The molecule has 2 bridgehead atoms. The monoisotopic (exact) mass is 364 g/mol. The molecule has 1 aliphatic carbocycles. The molecule has 2 N–H and O–H groups in total. The number of nitrogens with one attached hydrogen (secondary N) is 1. The fraction of sp³-hybridized carbons (Fsp3) is 0.900. The maximum absolute atomic E-state index is 12.8. The lowest BCUT2D eigenvalue weighted by molar-refractivity contribution is -0.137. The molecule has 3 heterocycles. The Morgan fingerprint density at radius 1 is 1.23 bits per heavy atom. The number of carboxylic acid groups (broad SMARTS) is 1. The maximum Gasteiger partial charge on any atom is 0.304 e. The van der Waals surface area contributed by atoms with Gasteiger partial charge in [-0.2, -0.15) is 0 Å². The van der Waals surface area contributed by atoms with E-state index in [1.165, 1.54) is 6.42 Å². The van der Waals surface area contributed by atoms with Gasteiger partial charge in [0.15, 0.2) is 0 Å². The van der Waals surface area contributed by atoms with E-state index in [0.717, 1.165) is 51.6 Å². The van der Waals surface area contributed by atoms with Crippen LogP contribution in [-0.2, 0) is 14.3 Å². The van der Waals surface area contributed by atoms with E-state index in [1.54, 1.807) is 0 Å². The highest BCUT2D eigenvalue weighted by atomic mass is 16.5. The zero-order valence-electron chi connectivity index (χ0n) is 15.8. The number of likely N-dealkylation sites (tertiary alicyclic amines) is 1. The summed E-state index contributed by atoms with van der Waals surface area (Å²) in [4.78, 5) is 25.9.